The van der Waals surface area contributed by atoms with Crippen LogP contribution in [-0.4, -0.2) is 34.9 Å². The lowest BCUT2D eigenvalue weighted by Crippen LogP contribution is -2.52. The highest BCUT2D eigenvalue weighted by molar-refractivity contribution is 6.02. The van der Waals surface area contributed by atoms with Crippen molar-refractivity contribution in [3.8, 4) is 0 Å². The maximum Gasteiger partial charge on any atom is 0.246 e. The van der Waals surface area contributed by atoms with E-state index in [4.69, 9.17) is 5.84 Å². The van der Waals surface area contributed by atoms with Crippen LogP contribution in [0.15, 0.2) is 0 Å². The molecule has 0 radical (unpaired) electrons. The average Bonchev–Trinajstić information content (AvgIpc) is 2.37. The second kappa shape index (κ2) is 5.19. The van der Waals surface area contributed by atoms with Crippen molar-refractivity contribution in [2.75, 3.05) is 23.4 Å². The van der Waals surface area contributed by atoms with Crippen LogP contribution in [-0.2, 0) is 16.0 Å². The molecule has 2 heterocycles. The van der Waals surface area contributed by atoms with Crippen molar-refractivity contribution in [1.29, 1.82) is 0 Å². The van der Waals surface area contributed by atoms with Crippen LogP contribution in [0.2, 0.25) is 0 Å². The van der Waals surface area contributed by atoms with E-state index in [0.29, 0.717) is 29.4 Å². The normalized spacial score (nSPS) is 15.4. The molecule has 0 saturated carbocycles. The van der Waals surface area contributed by atoms with E-state index in [2.05, 4.69) is 20.7 Å². The van der Waals surface area contributed by atoms with Gasteiger partial charge in [0.15, 0.2) is 0 Å². The number of amides is 2. The fraction of sp³-hybridized carbons (Fsp3) is 0.455. The van der Waals surface area contributed by atoms with E-state index in [-0.39, 0.29) is 24.9 Å². The number of imide groups is 1. The highest BCUT2D eigenvalue weighted by atomic mass is 16.2. The third-order valence-corrected chi connectivity index (χ3v) is 2.87. The zero-order valence-corrected chi connectivity index (χ0v) is 10.9. The standard InChI is InChI=1S/C11H16N6O2/c1-3-7-13-10(16-12)6(2)11(14-7)17-4-8(18)15-9(19)5-17/h3-5,12H2,1-2H3,(H,13,14,16)(H,15,18,19). The van der Waals surface area contributed by atoms with E-state index in [1.165, 1.54) is 0 Å². The van der Waals surface area contributed by atoms with Crippen LogP contribution in [0.3, 0.4) is 0 Å². The van der Waals surface area contributed by atoms with Crippen molar-refractivity contribution in [3.63, 3.8) is 0 Å². The Labute approximate surface area is 110 Å². The Kier molecular flexibility index (Phi) is 3.61. The smallest absolute Gasteiger partial charge is 0.246 e. The molecule has 0 bridgehead atoms. The fourth-order valence-electron chi connectivity index (χ4n) is 1.94. The van der Waals surface area contributed by atoms with Crippen LogP contribution < -0.4 is 21.5 Å². The zero-order chi connectivity index (χ0) is 14.0. The summed E-state index contributed by atoms with van der Waals surface area (Å²) in [6.45, 7) is 3.90. The molecule has 8 heteroatoms. The van der Waals surface area contributed by atoms with Gasteiger partial charge in [0.2, 0.25) is 11.8 Å². The average molecular weight is 264 g/mol. The van der Waals surface area contributed by atoms with Crippen molar-refractivity contribution in [3.05, 3.63) is 11.4 Å². The summed E-state index contributed by atoms with van der Waals surface area (Å²) in [7, 11) is 0. The topological polar surface area (TPSA) is 113 Å². The van der Waals surface area contributed by atoms with Crippen molar-refractivity contribution in [2.24, 2.45) is 5.84 Å². The molecule has 0 atom stereocenters. The number of hydrogen-bond acceptors (Lipinski definition) is 7. The molecule has 2 rings (SSSR count). The summed E-state index contributed by atoms with van der Waals surface area (Å²) in [6.07, 6.45) is 0.635. The van der Waals surface area contributed by atoms with Gasteiger partial charge in [-0.1, -0.05) is 6.92 Å². The first kappa shape index (κ1) is 13.2. The maximum atomic E-state index is 11.4. The maximum absolute atomic E-state index is 11.4. The summed E-state index contributed by atoms with van der Waals surface area (Å²) in [5.41, 5.74) is 3.22. The molecule has 1 aliphatic rings. The van der Waals surface area contributed by atoms with Gasteiger partial charge in [-0.3, -0.25) is 14.9 Å². The number of aromatic nitrogens is 2. The quantitative estimate of drug-likeness (QED) is 0.368. The summed E-state index contributed by atoms with van der Waals surface area (Å²) in [6, 6.07) is 0. The SMILES string of the molecule is CCc1nc(NN)c(C)c(N2CC(=O)NC(=O)C2)n1. The highest BCUT2D eigenvalue weighted by Gasteiger charge is 2.26. The molecule has 1 aromatic rings. The van der Waals surface area contributed by atoms with Crippen molar-refractivity contribution >= 4 is 23.5 Å². The molecule has 2 amide bonds. The molecule has 1 saturated heterocycles. The Hall–Kier alpha value is -2.22. The Morgan fingerprint density at radius 3 is 2.47 bits per heavy atom. The molecule has 0 spiro atoms. The number of piperazine rings is 1. The van der Waals surface area contributed by atoms with Crippen LogP contribution in [0.5, 0.6) is 0 Å². The predicted octanol–water partition coefficient (Wildman–Crippen LogP) is -0.904. The number of carbonyl (C=O) groups excluding carboxylic acids is 2. The zero-order valence-electron chi connectivity index (χ0n) is 10.9. The highest BCUT2D eigenvalue weighted by Crippen LogP contribution is 2.23. The van der Waals surface area contributed by atoms with Crippen molar-refractivity contribution in [2.45, 2.75) is 20.3 Å². The van der Waals surface area contributed by atoms with Gasteiger partial charge in [0.05, 0.1) is 13.1 Å². The lowest BCUT2D eigenvalue weighted by molar-refractivity contribution is -0.130. The largest absolute Gasteiger partial charge is 0.338 e. The molecule has 0 unspecified atom stereocenters. The van der Waals surface area contributed by atoms with Crippen LogP contribution >= 0.6 is 0 Å². The second-order valence-electron chi connectivity index (χ2n) is 4.26. The molecule has 1 aromatic heterocycles. The summed E-state index contributed by atoms with van der Waals surface area (Å²) in [4.78, 5) is 33.1. The van der Waals surface area contributed by atoms with Crippen molar-refractivity contribution in [1.82, 2.24) is 15.3 Å². The second-order valence-corrected chi connectivity index (χ2v) is 4.26. The first-order chi connectivity index (χ1) is 9.05. The lowest BCUT2D eigenvalue weighted by atomic mass is 10.2. The first-order valence-corrected chi connectivity index (χ1v) is 5.97. The molecule has 8 nitrogen and oxygen atoms in total. The van der Waals surface area contributed by atoms with Gasteiger partial charge in [-0.2, -0.15) is 0 Å². The lowest BCUT2D eigenvalue weighted by Gasteiger charge is -2.28. The summed E-state index contributed by atoms with van der Waals surface area (Å²) >= 11 is 0. The number of nitrogens with one attached hydrogen (secondary N) is 2. The number of hydrazine groups is 1. The fourth-order valence-corrected chi connectivity index (χ4v) is 1.94. The third-order valence-electron chi connectivity index (χ3n) is 2.87. The molecule has 102 valence electrons. The molecule has 1 fully saturated rings. The van der Waals surface area contributed by atoms with Gasteiger partial charge in [-0.15, -0.1) is 0 Å². The summed E-state index contributed by atoms with van der Waals surface area (Å²) in [5, 5.41) is 2.25. The predicted molar refractivity (Wildman–Crippen MR) is 69.3 cm³/mol. The van der Waals surface area contributed by atoms with Gasteiger partial charge in [0, 0.05) is 12.0 Å². The molecular weight excluding hydrogens is 248 g/mol. The number of anilines is 2. The monoisotopic (exact) mass is 264 g/mol. The molecular formula is C11H16N6O2. The Morgan fingerprint density at radius 1 is 1.32 bits per heavy atom. The number of carbonyl (C=O) groups is 2. The number of nitrogens with zero attached hydrogens (tertiary/aromatic N) is 3. The van der Waals surface area contributed by atoms with Crippen LogP contribution in [0.1, 0.15) is 18.3 Å². The van der Waals surface area contributed by atoms with E-state index >= 15 is 0 Å². The number of rotatable bonds is 3. The Balaban J connectivity index is 2.42. The van der Waals surface area contributed by atoms with Crippen LogP contribution in [0, 0.1) is 6.92 Å². The van der Waals surface area contributed by atoms with Gasteiger partial charge in [0.1, 0.15) is 17.5 Å². The molecule has 19 heavy (non-hydrogen) atoms. The van der Waals surface area contributed by atoms with Gasteiger partial charge in [0.25, 0.3) is 0 Å². The minimum absolute atomic E-state index is 0.0940. The molecule has 1 aliphatic heterocycles. The van der Waals surface area contributed by atoms with E-state index in [1.54, 1.807) is 11.8 Å². The number of aryl methyl sites for hydroxylation is 1. The number of nitrogens with two attached hydrogens (primary N) is 1. The molecule has 4 N–H and O–H groups in total. The van der Waals surface area contributed by atoms with Gasteiger partial charge >= 0.3 is 0 Å². The van der Waals surface area contributed by atoms with Gasteiger partial charge < -0.3 is 10.3 Å². The van der Waals surface area contributed by atoms with Crippen molar-refractivity contribution < 1.29 is 9.59 Å². The minimum Gasteiger partial charge on any atom is -0.338 e. The van der Waals surface area contributed by atoms with Gasteiger partial charge in [-0.05, 0) is 6.92 Å². The van der Waals surface area contributed by atoms with E-state index in [0.717, 1.165) is 0 Å². The Morgan fingerprint density at radius 2 is 1.95 bits per heavy atom. The summed E-state index contributed by atoms with van der Waals surface area (Å²) < 4.78 is 0. The number of hydrogen-bond donors (Lipinski definition) is 3. The third kappa shape index (κ3) is 2.63. The summed E-state index contributed by atoms with van der Waals surface area (Å²) in [5.74, 6) is 6.41. The molecule has 0 aliphatic carbocycles. The Bertz CT molecular complexity index is 514. The molecule has 0 aromatic carbocycles. The van der Waals surface area contributed by atoms with E-state index in [9.17, 15) is 9.59 Å². The van der Waals surface area contributed by atoms with E-state index < -0.39 is 0 Å². The minimum atomic E-state index is -0.338. The van der Waals surface area contributed by atoms with Gasteiger partial charge in [-0.25, -0.2) is 15.8 Å². The van der Waals surface area contributed by atoms with Crippen LogP contribution in [0.25, 0.3) is 0 Å². The first-order valence-electron chi connectivity index (χ1n) is 5.97. The van der Waals surface area contributed by atoms with E-state index in [1.807, 2.05) is 6.92 Å². The van der Waals surface area contributed by atoms with Crippen LogP contribution in [0.4, 0.5) is 11.6 Å². The number of nitrogen functional groups attached to an aromatic ring is 1.